The van der Waals surface area contributed by atoms with E-state index in [0.29, 0.717) is 11.3 Å². The van der Waals surface area contributed by atoms with Crippen molar-refractivity contribution < 1.29 is 18.0 Å². The third-order valence-corrected chi connectivity index (χ3v) is 4.66. The zero-order valence-electron chi connectivity index (χ0n) is 11.6. The maximum atomic E-state index is 12.1. The Hall–Kier alpha value is -1.93. The zero-order chi connectivity index (χ0) is 15.6. The average molecular weight is 311 g/mol. The van der Waals surface area contributed by atoms with Gasteiger partial charge in [0.05, 0.1) is 5.75 Å². The Morgan fingerprint density at radius 1 is 1.29 bits per heavy atom. The lowest BCUT2D eigenvalue weighted by Crippen LogP contribution is -2.53. The Kier molecular flexibility index (Phi) is 4.29. The molecule has 1 unspecified atom stereocenters. The monoisotopic (exact) mass is 311 g/mol. The number of carbonyl (C=O) groups is 2. The number of likely N-dealkylation sites (tertiary alicyclic amines) is 1. The molecular weight excluding hydrogens is 294 g/mol. The molecule has 1 aromatic rings. The van der Waals surface area contributed by atoms with Crippen molar-refractivity contribution in [1.29, 1.82) is 0 Å². The molecule has 2 rings (SSSR count). The predicted octanol–water partition coefficient (Wildman–Crippen LogP) is -0.164. The number of nitrogens with one attached hydrogen (secondary N) is 1. The molecule has 0 radical (unpaired) electrons. The fourth-order valence-corrected chi connectivity index (χ4v) is 3.48. The van der Waals surface area contributed by atoms with Gasteiger partial charge < -0.3 is 5.73 Å². The summed E-state index contributed by atoms with van der Waals surface area (Å²) >= 11 is 0. The Bertz CT molecular complexity index is 654. The molecule has 0 bridgehead atoms. The van der Waals surface area contributed by atoms with Crippen molar-refractivity contribution in [3.63, 3.8) is 0 Å². The summed E-state index contributed by atoms with van der Waals surface area (Å²) in [5.41, 5.74) is 6.66. The normalized spacial score (nSPS) is 19.9. The van der Waals surface area contributed by atoms with E-state index in [1.54, 1.807) is 24.3 Å². The molecule has 1 atom stereocenters. The minimum atomic E-state index is -3.67. The van der Waals surface area contributed by atoms with Gasteiger partial charge >= 0.3 is 0 Å². The van der Waals surface area contributed by atoms with Crippen molar-refractivity contribution in [2.45, 2.75) is 24.6 Å². The standard InChI is InChI=1S/C13H17N3O4S/c1-16-12(17)7-6-11(13(16)18)15-21(19,20)8-9-2-4-10(14)5-3-9/h2-5,11,15H,6-8,14H2,1H3. The number of amides is 2. The van der Waals surface area contributed by atoms with Crippen molar-refractivity contribution in [3.8, 4) is 0 Å². The van der Waals surface area contributed by atoms with E-state index in [-0.39, 0.29) is 24.5 Å². The SMILES string of the molecule is CN1C(=O)CCC(NS(=O)(=O)Cc2ccc(N)cc2)C1=O. The fraction of sp³-hybridized carbons (Fsp3) is 0.385. The van der Waals surface area contributed by atoms with Crippen LogP contribution in [-0.4, -0.2) is 38.2 Å². The summed E-state index contributed by atoms with van der Waals surface area (Å²) in [6.45, 7) is 0. The minimum absolute atomic E-state index is 0.150. The first-order valence-corrected chi connectivity index (χ1v) is 8.08. The second kappa shape index (κ2) is 5.82. The second-order valence-corrected chi connectivity index (χ2v) is 6.75. The maximum absolute atomic E-state index is 12.1. The number of piperidine rings is 1. The molecule has 2 amide bonds. The first-order chi connectivity index (χ1) is 9.78. The van der Waals surface area contributed by atoms with Gasteiger partial charge in [0, 0.05) is 19.2 Å². The number of likely N-dealkylation sites (N-methyl/N-ethyl adjacent to an activating group) is 1. The van der Waals surface area contributed by atoms with E-state index in [9.17, 15) is 18.0 Å². The molecule has 0 aromatic heterocycles. The molecule has 1 fully saturated rings. The number of nitrogens with two attached hydrogens (primary N) is 1. The fourth-order valence-electron chi connectivity index (χ4n) is 2.12. The predicted molar refractivity (Wildman–Crippen MR) is 77.4 cm³/mol. The van der Waals surface area contributed by atoms with Crippen LogP contribution in [0.1, 0.15) is 18.4 Å². The van der Waals surface area contributed by atoms with Gasteiger partial charge in [-0.1, -0.05) is 12.1 Å². The third-order valence-electron chi connectivity index (χ3n) is 3.31. The molecular formula is C13H17N3O4S. The minimum Gasteiger partial charge on any atom is -0.399 e. The second-order valence-electron chi connectivity index (χ2n) is 5.00. The van der Waals surface area contributed by atoms with E-state index in [1.807, 2.05) is 0 Å². The number of anilines is 1. The zero-order valence-corrected chi connectivity index (χ0v) is 12.4. The highest BCUT2D eigenvalue weighted by molar-refractivity contribution is 7.88. The van der Waals surface area contributed by atoms with Crippen LogP contribution in [0.2, 0.25) is 0 Å². The molecule has 114 valence electrons. The lowest BCUT2D eigenvalue weighted by molar-refractivity contribution is -0.147. The van der Waals surface area contributed by atoms with Gasteiger partial charge in [-0.25, -0.2) is 13.1 Å². The van der Waals surface area contributed by atoms with Gasteiger partial charge in [-0.3, -0.25) is 14.5 Å². The van der Waals surface area contributed by atoms with E-state index in [0.717, 1.165) is 4.90 Å². The highest BCUT2D eigenvalue weighted by Crippen LogP contribution is 2.14. The van der Waals surface area contributed by atoms with Crippen LogP contribution >= 0.6 is 0 Å². The van der Waals surface area contributed by atoms with Crippen molar-refractivity contribution in [1.82, 2.24) is 9.62 Å². The summed E-state index contributed by atoms with van der Waals surface area (Å²) < 4.78 is 26.5. The van der Waals surface area contributed by atoms with Crippen molar-refractivity contribution in [3.05, 3.63) is 29.8 Å². The topological polar surface area (TPSA) is 110 Å². The van der Waals surface area contributed by atoms with Gasteiger partial charge in [-0.2, -0.15) is 0 Å². The van der Waals surface area contributed by atoms with Crippen LogP contribution in [-0.2, 0) is 25.4 Å². The largest absolute Gasteiger partial charge is 0.399 e. The molecule has 21 heavy (non-hydrogen) atoms. The molecule has 0 spiro atoms. The summed E-state index contributed by atoms with van der Waals surface area (Å²) in [7, 11) is -2.32. The van der Waals surface area contributed by atoms with E-state index in [4.69, 9.17) is 5.73 Å². The van der Waals surface area contributed by atoms with Gasteiger partial charge in [-0.05, 0) is 24.1 Å². The van der Waals surface area contributed by atoms with Crippen LogP contribution in [0, 0.1) is 0 Å². The van der Waals surface area contributed by atoms with Crippen LogP contribution in [0.25, 0.3) is 0 Å². The van der Waals surface area contributed by atoms with Crippen LogP contribution in [0.4, 0.5) is 5.69 Å². The molecule has 1 aliphatic rings. The van der Waals surface area contributed by atoms with Crippen LogP contribution in [0.15, 0.2) is 24.3 Å². The van der Waals surface area contributed by atoms with Crippen molar-refractivity contribution in [2.24, 2.45) is 0 Å². The molecule has 1 heterocycles. The molecule has 7 nitrogen and oxygen atoms in total. The number of nitrogen functional groups attached to an aromatic ring is 1. The Labute approximate surface area is 123 Å². The van der Waals surface area contributed by atoms with Crippen LogP contribution in [0.3, 0.4) is 0 Å². The first kappa shape index (κ1) is 15.5. The maximum Gasteiger partial charge on any atom is 0.247 e. The van der Waals surface area contributed by atoms with Gasteiger partial charge in [0.1, 0.15) is 6.04 Å². The molecule has 1 saturated heterocycles. The highest BCUT2D eigenvalue weighted by atomic mass is 32.2. The quantitative estimate of drug-likeness (QED) is 0.593. The molecule has 8 heteroatoms. The van der Waals surface area contributed by atoms with Crippen molar-refractivity contribution in [2.75, 3.05) is 12.8 Å². The van der Waals surface area contributed by atoms with Gasteiger partial charge in [0.2, 0.25) is 21.8 Å². The molecule has 0 saturated carbocycles. The van der Waals surface area contributed by atoms with E-state index in [2.05, 4.69) is 4.72 Å². The lowest BCUT2D eigenvalue weighted by Gasteiger charge is -2.27. The Balaban J connectivity index is 2.05. The average Bonchev–Trinajstić information content (AvgIpc) is 2.42. The number of rotatable bonds is 4. The third kappa shape index (κ3) is 3.79. The smallest absolute Gasteiger partial charge is 0.247 e. The number of benzene rings is 1. The summed E-state index contributed by atoms with van der Waals surface area (Å²) in [4.78, 5) is 24.2. The number of imide groups is 1. The summed E-state index contributed by atoms with van der Waals surface area (Å²) in [6.07, 6.45) is 0.334. The van der Waals surface area contributed by atoms with Gasteiger partial charge in [0.15, 0.2) is 0 Å². The number of hydrogen-bond donors (Lipinski definition) is 2. The summed E-state index contributed by atoms with van der Waals surface area (Å²) in [5, 5.41) is 0. The van der Waals surface area contributed by atoms with Crippen molar-refractivity contribution >= 4 is 27.5 Å². The Morgan fingerprint density at radius 2 is 1.90 bits per heavy atom. The summed E-state index contributed by atoms with van der Waals surface area (Å²) in [5.74, 6) is -1.06. The first-order valence-electron chi connectivity index (χ1n) is 6.43. The molecule has 3 N–H and O–H groups in total. The van der Waals surface area contributed by atoms with E-state index < -0.39 is 22.0 Å². The molecule has 1 aromatic carbocycles. The number of nitrogens with zero attached hydrogens (tertiary/aromatic N) is 1. The van der Waals surface area contributed by atoms with E-state index >= 15 is 0 Å². The number of sulfonamides is 1. The molecule has 1 aliphatic heterocycles. The number of hydrogen-bond acceptors (Lipinski definition) is 5. The van der Waals surface area contributed by atoms with Gasteiger partial charge in [-0.15, -0.1) is 0 Å². The Morgan fingerprint density at radius 3 is 2.52 bits per heavy atom. The highest BCUT2D eigenvalue weighted by Gasteiger charge is 2.34. The van der Waals surface area contributed by atoms with E-state index in [1.165, 1.54) is 7.05 Å². The van der Waals surface area contributed by atoms with Crippen LogP contribution < -0.4 is 10.5 Å². The summed E-state index contributed by atoms with van der Waals surface area (Å²) in [6, 6.07) is 5.58. The number of carbonyl (C=O) groups excluding carboxylic acids is 2. The van der Waals surface area contributed by atoms with Crippen LogP contribution in [0.5, 0.6) is 0 Å². The lowest BCUT2D eigenvalue weighted by atomic mass is 10.1. The van der Waals surface area contributed by atoms with Gasteiger partial charge in [0.25, 0.3) is 0 Å². The molecule has 0 aliphatic carbocycles.